The van der Waals surface area contributed by atoms with Crippen LogP contribution >= 0.6 is 22.6 Å². The maximum Gasteiger partial charge on any atom is 0.167 e. The van der Waals surface area contributed by atoms with Crippen LogP contribution in [0.25, 0.3) is 10.4 Å². The average Bonchev–Trinajstić information content (AvgIpc) is 2.56. The maximum absolute atomic E-state index is 8.21. The molecule has 4 nitrogen and oxygen atoms in total. The second kappa shape index (κ2) is 7.21. The van der Waals surface area contributed by atoms with Crippen LogP contribution in [-0.2, 0) is 3.42 Å². The number of rotatable bonds is 5. The Balaban J connectivity index is 2.19. The van der Waals surface area contributed by atoms with Gasteiger partial charge in [-0.3, -0.25) is 0 Å². The predicted molar refractivity (Wildman–Crippen MR) is 92.0 cm³/mol. The van der Waals surface area contributed by atoms with Gasteiger partial charge in [0.25, 0.3) is 0 Å². The molecule has 0 radical (unpaired) electrons. The highest BCUT2D eigenvalue weighted by atomic mass is 127. The Morgan fingerprint density at radius 2 is 2.19 bits per heavy atom. The summed E-state index contributed by atoms with van der Waals surface area (Å²) < 4.78 is 4.91. The Morgan fingerprint density at radius 1 is 1.43 bits per heavy atom. The minimum Gasteiger partial charge on any atom is -0.488 e. The number of nitrogens with zero attached hydrogens (tertiary/aromatic N) is 3. The zero-order chi connectivity index (χ0) is 15.1. The Morgan fingerprint density at radius 3 is 2.76 bits per heavy atom. The van der Waals surface area contributed by atoms with E-state index in [2.05, 4.69) is 50.7 Å². The van der Waals surface area contributed by atoms with Gasteiger partial charge in [-0.25, -0.2) is 0 Å². The summed E-state index contributed by atoms with van der Waals surface area (Å²) in [6, 6.07) is 7.61. The van der Waals surface area contributed by atoms with Crippen molar-refractivity contribution in [3.05, 3.63) is 64.6 Å². The van der Waals surface area contributed by atoms with Gasteiger partial charge in [-0.15, -0.1) is 6.42 Å². The minimum absolute atomic E-state index is 0.0173. The minimum atomic E-state index is -0.387. The highest BCUT2D eigenvalue weighted by Crippen LogP contribution is 2.43. The fourth-order valence-corrected chi connectivity index (χ4v) is 3.02. The van der Waals surface area contributed by atoms with E-state index in [4.69, 9.17) is 16.7 Å². The van der Waals surface area contributed by atoms with E-state index in [0.29, 0.717) is 5.75 Å². The summed E-state index contributed by atoms with van der Waals surface area (Å²) in [5.74, 6) is 3.85. The van der Waals surface area contributed by atoms with Crippen molar-refractivity contribution in [3.8, 4) is 18.1 Å². The van der Waals surface area contributed by atoms with Crippen molar-refractivity contribution in [2.75, 3.05) is 6.73 Å². The Hall–Kier alpha value is -1.90. The maximum atomic E-state index is 8.21. The first-order valence-corrected chi connectivity index (χ1v) is 7.53. The molecule has 106 valence electrons. The van der Waals surface area contributed by atoms with E-state index in [9.17, 15) is 0 Å². The molecule has 0 saturated carbocycles. The van der Waals surface area contributed by atoms with Gasteiger partial charge >= 0.3 is 0 Å². The molecule has 0 aromatic heterocycles. The molecule has 0 heterocycles. The van der Waals surface area contributed by atoms with E-state index in [1.807, 2.05) is 36.4 Å². The van der Waals surface area contributed by atoms with E-state index in [0.717, 1.165) is 12.0 Å². The molecule has 0 saturated heterocycles. The first kappa shape index (κ1) is 15.5. The third kappa shape index (κ3) is 3.60. The normalized spacial score (nSPS) is 19.1. The van der Waals surface area contributed by atoms with Crippen molar-refractivity contribution in [2.24, 2.45) is 11.0 Å². The molecule has 0 N–H and O–H groups in total. The van der Waals surface area contributed by atoms with Crippen LogP contribution in [0.1, 0.15) is 12.0 Å². The summed E-state index contributed by atoms with van der Waals surface area (Å²) in [5, 5.41) is 3.34. The third-order valence-electron chi connectivity index (χ3n) is 3.33. The lowest BCUT2D eigenvalue weighted by Crippen LogP contribution is -2.26. The lowest BCUT2D eigenvalue weighted by molar-refractivity contribution is 0.329. The monoisotopic (exact) mass is 391 g/mol. The van der Waals surface area contributed by atoms with Gasteiger partial charge in [-0.05, 0) is 29.6 Å². The van der Waals surface area contributed by atoms with Gasteiger partial charge in [0.1, 0.15) is 9.17 Å². The summed E-state index contributed by atoms with van der Waals surface area (Å²) in [6.07, 6.45) is 15.1. The molecule has 2 unspecified atom stereocenters. The Kier molecular flexibility index (Phi) is 5.32. The topological polar surface area (TPSA) is 58.0 Å². The van der Waals surface area contributed by atoms with Crippen molar-refractivity contribution < 1.29 is 4.74 Å². The number of alkyl halides is 1. The highest BCUT2D eigenvalue weighted by molar-refractivity contribution is 14.1. The van der Waals surface area contributed by atoms with E-state index >= 15 is 0 Å². The molecule has 0 bridgehead atoms. The van der Waals surface area contributed by atoms with Gasteiger partial charge in [-0.1, -0.05) is 70.1 Å². The summed E-state index contributed by atoms with van der Waals surface area (Å²) in [4.78, 5) is 2.64. The zero-order valence-corrected chi connectivity index (χ0v) is 13.5. The molecule has 1 aromatic rings. The number of benzene rings is 1. The molecule has 2 rings (SSSR count). The fourth-order valence-electron chi connectivity index (χ4n) is 2.20. The molecule has 1 aliphatic carbocycles. The van der Waals surface area contributed by atoms with Gasteiger partial charge in [-0.2, -0.15) is 0 Å². The van der Waals surface area contributed by atoms with Gasteiger partial charge in [0.05, 0.1) is 0 Å². The molecular formula is C16H14IN3O. The van der Waals surface area contributed by atoms with Crippen molar-refractivity contribution in [1.29, 1.82) is 0 Å². The van der Waals surface area contributed by atoms with Crippen LogP contribution in [0.3, 0.4) is 0 Å². The zero-order valence-electron chi connectivity index (χ0n) is 11.3. The highest BCUT2D eigenvalue weighted by Gasteiger charge is 2.34. The summed E-state index contributed by atoms with van der Waals surface area (Å²) in [6.45, 7) is -0.0173. The molecule has 0 aliphatic heterocycles. The number of halogens is 1. The molecule has 0 spiro atoms. The van der Waals surface area contributed by atoms with Crippen molar-refractivity contribution >= 4 is 22.6 Å². The molecular weight excluding hydrogens is 377 g/mol. The summed E-state index contributed by atoms with van der Waals surface area (Å²) in [5.41, 5.74) is 9.28. The van der Waals surface area contributed by atoms with E-state index in [-0.39, 0.29) is 16.1 Å². The number of hydrogen-bond acceptors (Lipinski definition) is 2. The lowest BCUT2D eigenvalue weighted by Gasteiger charge is -2.30. The van der Waals surface area contributed by atoms with Crippen molar-refractivity contribution in [3.63, 3.8) is 0 Å². The van der Waals surface area contributed by atoms with Crippen molar-refractivity contribution in [2.45, 2.75) is 9.84 Å². The van der Waals surface area contributed by atoms with Crippen LogP contribution in [-0.4, -0.2) is 6.73 Å². The van der Waals surface area contributed by atoms with E-state index < -0.39 is 0 Å². The van der Waals surface area contributed by atoms with E-state index in [1.165, 1.54) is 0 Å². The molecule has 0 fully saturated rings. The molecule has 21 heavy (non-hydrogen) atoms. The fraction of sp³-hybridized carbons (Fsp3) is 0.250. The summed E-state index contributed by atoms with van der Waals surface area (Å²) >= 11 is 2.34. The first-order chi connectivity index (χ1) is 10.2. The number of allylic oxidation sites excluding steroid dienone is 4. The number of ether oxygens (including phenoxy) is 1. The predicted octanol–water partition coefficient (Wildman–Crippen LogP) is 4.73. The van der Waals surface area contributed by atoms with Gasteiger partial charge in [0.2, 0.25) is 0 Å². The Bertz CT molecular complexity index is 638. The molecule has 2 atom stereocenters. The van der Waals surface area contributed by atoms with Crippen LogP contribution in [0, 0.1) is 18.3 Å². The van der Waals surface area contributed by atoms with Gasteiger partial charge < -0.3 is 4.74 Å². The van der Waals surface area contributed by atoms with Crippen LogP contribution in [0.15, 0.2) is 53.7 Å². The Labute approximate surface area is 137 Å². The van der Waals surface area contributed by atoms with Crippen LogP contribution in [0.5, 0.6) is 5.75 Å². The quantitative estimate of drug-likeness (QED) is 0.179. The number of azide groups is 1. The number of terminal acetylenes is 1. The van der Waals surface area contributed by atoms with Crippen LogP contribution in [0.4, 0.5) is 0 Å². The number of hydrogen-bond donors (Lipinski definition) is 0. The van der Waals surface area contributed by atoms with Crippen LogP contribution < -0.4 is 4.74 Å². The van der Waals surface area contributed by atoms with Gasteiger partial charge in [0, 0.05) is 10.8 Å². The molecule has 1 aromatic carbocycles. The van der Waals surface area contributed by atoms with Crippen LogP contribution in [0.2, 0.25) is 0 Å². The first-order valence-electron chi connectivity index (χ1n) is 6.45. The van der Waals surface area contributed by atoms with Gasteiger partial charge in [0.15, 0.2) is 6.73 Å². The third-order valence-corrected chi connectivity index (χ3v) is 5.06. The second-order valence-electron chi connectivity index (χ2n) is 4.54. The molecule has 5 heteroatoms. The lowest BCUT2D eigenvalue weighted by atomic mass is 9.82. The smallest absolute Gasteiger partial charge is 0.167 e. The largest absolute Gasteiger partial charge is 0.488 e. The SMILES string of the molecule is C#CC(I)(c1ccc(OCN=[N+]=[N-])cc1)C1C=CC=CC1. The average molecular weight is 391 g/mol. The standard InChI is InChI=1S/C16H14IN3O/c1-2-16(17,13-6-4-3-5-7-13)14-8-10-15(11-9-14)21-12-19-20-18/h1,3-6,8-11,13H,7,12H2. The van der Waals surface area contributed by atoms with Crippen molar-refractivity contribution in [1.82, 2.24) is 0 Å². The summed E-state index contributed by atoms with van der Waals surface area (Å²) in [7, 11) is 0. The second-order valence-corrected chi connectivity index (χ2v) is 6.24. The molecule has 0 amide bonds. The molecule has 1 aliphatic rings. The van der Waals surface area contributed by atoms with E-state index in [1.54, 1.807) is 0 Å².